The van der Waals surface area contributed by atoms with Crippen LogP contribution in [0.2, 0.25) is 0 Å². The molecule has 6 nitrogen and oxygen atoms in total. The van der Waals surface area contributed by atoms with Crippen molar-refractivity contribution in [3.05, 3.63) is 101 Å². The lowest BCUT2D eigenvalue weighted by atomic mass is 10.1. The number of carbonyl (C=O) groups is 2. The zero-order valence-electron chi connectivity index (χ0n) is 18.7. The Morgan fingerprint density at radius 1 is 0.970 bits per heavy atom. The van der Waals surface area contributed by atoms with Gasteiger partial charge in [-0.05, 0) is 62.7 Å². The van der Waals surface area contributed by atoms with Gasteiger partial charge in [-0.25, -0.2) is 9.79 Å². The van der Waals surface area contributed by atoms with E-state index in [1.807, 2.05) is 56.3 Å². The standard InChI is InChI=1S/C27H24N2O4/c1-4-32-27(31)20-9-7-10-21(15-20)28-26-22(16-19-8-5-6-11-24(19)33-26)25(30)29-23-13-12-17(2)14-18(23)3/h5-16H,4H2,1-3H3,(H,29,30). The second-order valence-corrected chi connectivity index (χ2v) is 7.66. The number of ether oxygens (including phenoxy) is 1. The Bertz CT molecular complexity index is 1420. The molecule has 0 unspecified atom stereocenters. The summed E-state index contributed by atoms with van der Waals surface area (Å²) in [4.78, 5) is 29.9. The van der Waals surface area contributed by atoms with Crippen molar-refractivity contribution in [3.63, 3.8) is 0 Å². The smallest absolute Gasteiger partial charge is 0.338 e. The second-order valence-electron chi connectivity index (χ2n) is 7.66. The topological polar surface area (TPSA) is 80.9 Å². The van der Waals surface area contributed by atoms with E-state index in [2.05, 4.69) is 10.3 Å². The summed E-state index contributed by atoms with van der Waals surface area (Å²) in [5.74, 6) is -0.769. The van der Waals surface area contributed by atoms with Crippen LogP contribution < -0.4 is 10.9 Å². The highest BCUT2D eigenvalue weighted by Gasteiger charge is 2.15. The monoisotopic (exact) mass is 440 g/mol. The van der Waals surface area contributed by atoms with Gasteiger partial charge in [-0.1, -0.05) is 42.0 Å². The van der Waals surface area contributed by atoms with Gasteiger partial charge in [-0.3, -0.25) is 4.79 Å². The first-order valence-corrected chi connectivity index (χ1v) is 10.7. The van der Waals surface area contributed by atoms with Gasteiger partial charge in [0.1, 0.15) is 11.1 Å². The summed E-state index contributed by atoms with van der Waals surface area (Å²) in [5.41, 5.74) is 4.67. The van der Waals surface area contributed by atoms with Crippen molar-refractivity contribution in [2.45, 2.75) is 20.8 Å². The van der Waals surface area contributed by atoms with Gasteiger partial charge in [0.25, 0.3) is 5.91 Å². The number of anilines is 1. The van der Waals surface area contributed by atoms with Crippen molar-refractivity contribution in [2.75, 3.05) is 11.9 Å². The van der Waals surface area contributed by atoms with Gasteiger partial charge >= 0.3 is 5.97 Å². The lowest BCUT2D eigenvalue weighted by Gasteiger charge is -2.10. The normalized spacial score (nSPS) is 11.4. The van der Waals surface area contributed by atoms with Crippen LogP contribution in [0, 0.1) is 13.8 Å². The molecule has 0 radical (unpaired) electrons. The summed E-state index contributed by atoms with van der Waals surface area (Å²) in [6.07, 6.45) is 0. The van der Waals surface area contributed by atoms with Crippen LogP contribution in [0.3, 0.4) is 0 Å². The second kappa shape index (κ2) is 9.53. The SMILES string of the molecule is CCOC(=O)c1cccc(N=c2oc3ccccc3cc2C(=O)Nc2ccc(C)cc2C)c1. The van der Waals surface area contributed by atoms with Crippen molar-refractivity contribution in [2.24, 2.45) is 4.99 Å². The number of nitrogens with zero attached hydrogens (tertiary/aromatic N) is 1. The van der Waals surface area contributed by atoms with E-state index < -0.39 is 5.97 Å². The number of fused-ring (bicyclic) bond motifs is 1. The predicted molar refractivity (Wildman–Crippen MR) is 128 cm³/mol. The molecule has 0 aliphatic rings. The molecule has 166 valence electrons. The van der Waals surface area contributed by atoms with Crippen molar-refractivity contribution in [1.82, 2.24) is 0 Å². The molecule has 0 aliphatic carbocycles. The summed E-state index contributed by atoms with van der Waals surface area (Å²) in [5, 5.41) is 3.74. The van der Waals surface area contributed by atoms with Crippen LogP contribution in [-0.4, -0.2) is 18.5 Å². The summed E-state index contributed by atoms with van der Waals surface area (Å²) in [6, 6.07) is 21.7. The number of amides is 1. The highest BCUT2D eigenvalue weighted by molar-refractivity contribution is 6.05. The number of nitrogens with one attached hydrogen (secondary N) is 1. The molecule has 1 N–H and O–H groups in total. The molecule has 3 aromatic carbocycles. The molecule has 4 aromatic rings. The summed E-state index contributed by atoms with van der Waals surface area (Å²) < 4.78 is 11.1. The molecular formula is C27H24N2O4. The maximum absolute atomic E-state index is 13.3. The number of esters is 1. The van der Waals surface area contributed by atoms with Crippen molar-refractivity contribution in [1.29, 1.82) is 0 Å². The van der Waals surface area contributed by atoms with Crippen LogP contribution in [0.1, 0.15) is 38.8 Å². The molecule has 0 saturated carbocycles. The third kappa shape index (κ3) is 5.01. The summed E-state index contributed by atoms with van der Waals surface area (Å²) in [6.45, 7) is 5.98. The van der Waals surface area contributed by atoms with Crippen LogP contribution in [0.25, 0.3) is 11.0 Å². The van der Waals surface area contributed by atoms with Gasteiger partial charge in [0.05, 0.1) is 17.9 Å². The maximum Gasteiger partial charge on any atom is 0.338 e. The molecule has 0 atom stereocenters. The molecule has 0 bridgehead atoms. The number of rotatable bonds is 5. The lowest BCUT2D eigenvalue weighted by molar-refractivity contribution is 0.0526. The minimum Gasteiger partial charge on any atom is -0.462 e. The fourth-order valence-electron chi connectivity index (χ4n) is 3.49. The zero-order chi connectivity index (χ0) is 23.4. The van der Waals surface area contributed by atoms with E-state index in [0.29, 0.717) is 22.5 Å². The minimum atomic E-state index is -0.433. The Labute approximate surface area is 191 Å². The number of hydrogen-bond donors (Lipinski definition) is 1. The molecule has 0 saturated heterocycles. The Morgan fingerprint density at radius 2 is 1.79 bits per heavy atom. The third-order valence-electron chi connectivity index (χ3n) is 5.12. The number of carbonyl (C=O) groups excluding carboxylic acids is 2. The van der Waals surface area contributed by atoms with Gasteiger partial charge in [0.15, 0.2) is 0 Å². The van der Waals surface area contributed by atoms with Crippen molar-refractivity contribution in [3.8, 4) is 0 Å². The summed E-state index contributed by atoms with van der Waals surface area (Å²) >= 11 is 0. The average Bonchev–Trinajstić information content (AvgIpc) is 2.80. The highest BCUT2D eigenvalue weighted by Crippen LogP contribution is 2.20. The van der Waals surface area contributed by atoms with Gasteiger partial charge in [0.2, 0.25) is 5.55 Å². The Kier molecular flexibility index (Phi) is 6.36. The van der Waals surface area contributed by atoms with E-state index >= 15 is 0 Å². The molecule has 6 heteroatoms. The van der Waals surface area contributed by atoms with Crippen LogP contribution in [0.15, 0.2) is 82.2 Å². The number of hydrogen-bond acceptors (Lipinski definition) is 5. The first kappa shape index (κ1) is 22.0. The maximum atomic E-state index is 13.3. The van der Waals surface area contributed by atoms with Crippen LogP contribution in [0.4, 0.5) is 11.4 Å². The van der Waals surface area contributed by atoms with E-state index in [1.165, 1.54) is 0 Å². The molecule has 4 rings (SSSR count). The molecule has 0 aliphatic heterocycles. The van der Waals surface area contributed by atoms with Crippen LogP contribution >= 0.6 is 0 Å². The molecule has 0 spiro atoms. The van der Waals surface area contributed by atoms with Crippen molar-refractivity contribution < 1.29 is 18.7 Å². The largest absolute Gasteiger partial charge is 0.462 e. The summed E-state index contributed by atoms with van der Waals surface area (Å²) in [7, 11) is 0. The van der Waals surface area contributed by atoms with Gasteiger partial charge in [0, 0.05) is 11.1 Å². The molecule has 1 aromatic heterocycles. The van der Waals surface area contributed by atoms with Gasteiger partial charge in [-0.2, -0.15) is 0 Å². The Balaban J connectivity index is 1.81. The quantitative estimate of drug-likeness (QED) is 0.403. The molecular weight excluding hydrogens is 416 g/mol. The van der Waals surface area contributed by atoms with Crippen molar-refractivity contribution >= 4 is 34.2 Å². The van der Waals surface area contributed by atoms with Crippen LogP contribution in [0.5, 0.6) is 0 Å². The van der Waals surface area contributed by atoms with Crippen LogP contribution in [-0.2, 0) is 4.74 Å². The highest BCUT2D eigenvalue weighted by atomic mass is 16.5. The van der Waals surface area contributed by atoms with Gasteiger partial charge < -0.3 is 14.5 Å². The molecule has 33 heavy (non-hydrogen) atoms. The zero-order valence-corrected chi connectivity index (χ0v) is 18.7. The fraction of sp³-hybridized carbons (Fsp3) is 0.148. The third-order valence-corrected chi connectivity index (χ3v) is 5.12. The number of aryl methyl sites for hydroxylation is 2. The van der Waals surface area contributed by atoms with E-state index in [4.69, 9.17) is 9.15 Å². The fourth-order valence-corrected chi connectivity index (χ4v) is 3.49. The van der Waals surface area contributed by atoms with E-state index in [1.54, 1.807) is 37.3 Å². The number of para-hydroxylation sites is 1. The Hall–Kier alpha value is -4.19. The lowest BCUT2D eigenvalue weighted by Crippen LogP contribution is -2.22. The van der Waals surface area contributed by atoms with Gasteiger partial charge in [-0.15, -0.1) is 0 Å². The first-order chi connectivity index (χ1) is 15.9. The predicted octanol–water partition coefficient (Wildman–Crippen LogP) is 5.71. The van der Waals surface area contributed by atoms with E-state index in [-0.39, 0.29) is 23.6 Å². The average molecular weight is 440 g/mol. The van der Waals surface area contributed by atoms with E-state index in [0.717, 1.165) is 16.5 Å². The van der Waals surface area contributed by atoms with E-state index in [9.17, 15) is 9.59 Å². The number of benzene rings is 3. The molecule has 0 fully saturated rings. The molecule has 1 heterocycles. The molecule has 1 amide bonds. The Morgan fingerprint density at radius 3 is 2.58 bits per heavy atom. The first-order valence-electron chi connectivity index (χ1n) is 10.7. The minimum absolute atomic E-state index is 0.150.